The second kappa shape index (κ2) is 6.17. The van der Waals surface area contributed by atoms with Gasteiger partial charge in [-0.1, -0.05) is 30.0 Å². The zero-order valence-electron chi connectivity index (χ0n) is 12.5. The summed E-state index contributed by atoms with van der Waals surface area (Å²) in [5, 5.41) is 1.09. The second-order valence-corrected chi connectivity index (χ2v) is 6.80. The van der Waals surface area contributed by atoms with Gasteiger partial charge in [0.25, 0.3) is 5.91 Å². The summed E-state index contributed by atoms with van der Waals surface area (Å²) in [6.45, 7) is 3.26. The van der Waals surface area contributed by atoms with E-state index in [4.69, 9.17) is 17.0 Å². The lowest BCUT2D eigenvalue weighted by atomic mass is 10.0. The highest BCUT2D eigenvalue weighted by Gasteiger charge is 2.33. The van der Waals surface area contributed by atoms with Crippen LogP contribution in [0.4, 0.5) is 0 Å². The maximum Gasteiger partial charge on any atom is 0.285 e. The van der Waals surface area contributed by atoms with Gasteiger partial charge in [0.1, 0.15) is 11.9 Å². The SMILES string of the molecule is CC(=O)NN1C(=O)/C(=C\C2=Cc3ccccc3OC2C)SC1=S. The summed E-state index contributed by atoms with van der Waals surface area (Å²) in [5.41, 5.74) is 4.27. The third-order valence-electron chi connectivity index (χ3n) is 3.38. The van der Waals surface area contributed by atoms with Crippen molar-refractivity contribution >= 4 is 46.2 Å². The van der Waals surface area contributed by atoms with Crippen LogP contribution in [0.15, 0.2) is 40.8 Å². The number of amides is 2. The van der Waals surface area contributed by atoms with Crippen LogP contribution in [-0.4, -0.2) is 27.2 Å². The van der Waals surface area contributed by atoms with E-state index in [1.807, 2.05) is 37.3 Å². The summed E-state index contributed by atoms with van der Waals surface area (Å²) in [6.07, 6.45) is 3.59. The van der Waals surface area contributed by atoms with Gasteiger partial charge in [-0.3, -0.25) is 15.0 Å². The summed E-state index contributed by atoms with van der Waals surface area (Å²) >= 11 is 6.29. The van der Waals surface area contributed by atoms with Gasteiger partial charge in [0.05, 0.1) is 4.91 Å². The average Bonchev–Trinajstić information content (AvgIpc) is 2.75. The Morgan fingerprint density at radius 3 is 2.91 bits per heavy atom. The van der Waals surface area contributed by atoms with Gasteiger partial charge >= 0.3 is 0 Å². The third kappa shape index (κ3) is 3.16. The number of rotatable bonds is 2. The number of para-hydroxylation sites is 1. The quantitative estimate of drug-likeness (QED) is 0.659. The molecule has 1 N–H and O–H groups in total. The fourth-order valence-electron chi connectivity index (χ4n) is 2.29. The first-order valence-electron chi connectivity index (χ1n) is 6.98. The van der Waals surface area contributed by atoms with Crippen molar-refractivity contribution in [1.29, 1.82) is 0 Å². The minimum Gasteiger partial charge on any atom is -0.485 e. The summed E-state index contributed by atoms with van der Waals surface area (Å²) in [5.74, 6) is 0.148. The number of hydrogen-bond acceptors (Lipinski definition) is 5. The molecule has 1 atom stereocenters. The fourth-order valence-corrected chi connectivity index (χ4v) is 3.47. The first kappa shape index (κ1) is 15.8. The predicted molar refractivity (Wildman–Crippen MR) is 93.4 cm³/mol. The lowest BCUT2D eigenvalue weighted by molar-refractivity contribution is -0.132. The minimum atomic E-state index is -0.343. The Balaban J connectivity index is 1.90. The molecule has 7 heteroatoms. The van der Waals surface area contributed by atoms with Crippen molar-refractivity contribution < 1.29 is 14.3 Å². The van der Waals surface area contributed by atoms with E-state index in [2.05, 4.69) is 5.43 Å². The molecule has 0 radical (unpaired) electrons. The van der Waals surface area contributed by atoms with Crippen LogP contribution in [0.3, 0.4) is 0 Å². The topological polar surface area (TPSA) is 58.6 Å². The zero-order valence-corrected chi connectivity index (χ0v) is 14.2. The van der Waals surface area contributed by atoms with Crippen LogP contribution in [0.1, 0.15) is 19.4 Å². The Kier molecular flexibility index (Phi) is 4.23. The summed E-state index contributed by atoms with van der Waals surface area (Å²) in [6, 6.07) is 7.72. The lowest BCUT2D eigenvalue weighted by Gasteiger charge is -2.23. The Labute approximate surface area is 143 Å². The number of benzene rings is 1. The third-order valence-corrected chi connectivity index (χ3v) is 4.68. The molecule has 118 valence electrons. The molecule has 1 aromatic carbocycles. The Morgan fingerprint density at radius 2 is 2.17 bits per heavy atom. The number of carbonyl (C=O) groups is 2. The van der Waals surface area contributed by atoms with Gasteiger partial charge in [-0.05, 0) is 42.9 Å². The van der Waals surface area contributed by atoms with Crippen molar-refractivity contribution in [3.8, 4) is 5.75 Å². The molecule has 5 nitrogen and oxygen atoms in total. The van der Waals surface area contributed by atoms with Crippen molar-refractivity contribution in [2.24, 2.45) is 0 Å². The molecular formula is C16H14N2O3S2. The first-order chi connectivity index (χ1) is 11.0. The molecule has 2 aliphatic heterocycles. The van der Waals surface area contributed by atoms with E-state index in [9.17, 15) is 9.59 Å². The molecule has 23 heavy (non-hydrogen) atoms. The van der Waals surface area contributed by atoms with Crippen LogP contribution in [0.5, 0.6) is 5.75 Å². The molecule has 2 heterocycles. The van der Waals surface area contributed by atoms with Crippen molar-refractivity contribution in [3.05, 3.63) is 46.4 Å². The predicted octanol–water partition coefficient (Wildman–Crippen LogP) is 2.65. The number of thioether (sulfide) groups is 1. The van der Waals surface area contributed by atoms with E-state index in [0.29, 0.717) is 9.23 Å². The smallest absolute Gasteiger partial charge is 0.285 e. The molecule has 0 bridgehead atoms. The summed E-state index contributed by atoms with van der Waals surface area (Å²) in [7, 11) is 0. The van der Waals surface area contributed by atoms with Crippen LogP contribution < -0.4 is 10.2 Å². The van der Waals surface area contributed by atoms with Crippen LogP contribution in [-0.2, 0) is 9.59 Å². The average molecular weight is 346 g/mol. The van der Waals surface area contributed by atoms with Gasteiger partial charge in [0.15, 0.2) is 4.32 Å². The molecule has 3 rings (SSSR count). The van der Waals surface area contributed by atoms with E-state index in [1.54, 1.807) is 6.08 Å². The Bertz CT molecular complexity index is 770. The number of ether oxygens (including phenoxy) is 1. The highest BCUT2D eigenvalue weighted by Crippen LogP contribution is 2.34. The van der Waals surface area contributed by atoms with Gasteiger partial charge < -0.3 is 4.74 Å². The van der Waals surface area contributed by atoms with Crippen LogP contribution in [0.2, 0.25) is 0 Å². The number of fused-ring (bicyclic) bond motifs is 1. The van der Waals surface area contributed by atoms with Gasteiger partial charge in [-0.2, -0.15) is 5.01 Å². The Hall–Kier alpha value is -2.12. The highest BCUT2D eigenvalue weighted by atomic mass is 32.2. The molecular weight excluding hydrogens is 332 g/mol. The highest BCUT2D eigenvalue weighted by molar-refractivity contribution is 8.26. The Morgan fingerprint density at radius 1 is 1.43 bits per heavy atom. The standard InChI is InChI=1S/C16H14N2O3S2/c1-9-12(7-11-5-3-4-6-13(11)21-9)8-14-15(20)18(16(22)23-14)17-10(2)19/h3-9H,1-2H3,(H,17,19)/b14-8+. The van der Waals surface area contributed by atoms with Gasteiger partial charge in [0.2, 0.25) is 5.91 Å². The van der Waals surface area contributed by atoms with Crippen molar-refractivity contribution in [2.45, 2.75) is 20.0 Å². The minimum absolute atomic E-state index is 0.172. The molecule has 0 aromatic heterocycles. The van der Waals surface area contributed by atoms with E-state index in [-0.39, 0.29) is 17.9 Å². The first-order valence-corrected chi connectivity index (χ1v) is 8.20. The monoisotopic (exact) mass is 346 g/mol. The van der Waals surface area contributed by atoms with E-state index in [0.717, 1.165) is 33.7 Å². The number of hydrazine groups is 1. The van der Waals surface area contributed by atoms with Crippen molar-refractivity contribution in [3.63, 3.8) is 0 Å². The molecule has 1 unspecified atom stereocenters. The summed E-state index contributed by atoms with van der Waals surface area (Å²) in [4.78, 5) is 24.0. The molecule has 0 aliphatic carbocycles. The number of nitrogens with zero attached hydrogens (tertiary/aromatic N) is 1. The van der Waals surface area contributed by atoms with Crippen molar-refractivity contribution in [1.82, 2.24) is 10.4 Å². The molecule has 0 spiro atoms. The van der Waals surface area contributed by atoms with E-state index in [1.165, 1.54) is 6.92 Å². The fraction of sp³-hybridized carbons (Fsp3) is 0.188. The number of hydrogen-bond donors (Lipinski definition) is 1. The summed E-state index contributed by atoms with van der Waals surface area (Å²) < 4.78 is 6.17. The van der Waals surface area contributed by atoms with Crippen LogP contribution >= 0.6 is 24.0 Å². The number of carbonyl (C=O) groups excluding carboxylic acids is 2. The van der Waals surface area contributed by atoms with Crippen LogP contribution in [0.25, 0.3) is 6.08 Å². The van der Waals surface area contributed by atoms with E-state index < -0.39 is 0 Å². The molecule has 1 saturated heterocycles. The molecule has 2 aliphatic rings. The van der Waals surface area contributed by atoms with Crippen molar-refractivity contribution in [2.75, 3.05) is 0 Å². The lowest BCUT2D eigenvalue weighted by Crippen LogP contribution is -2.43. The van der Waals surface area contributed by atoms with Gasteiger partial charge in [0, 0.05) is 12.5 Å². The maximum absolute atomic E-state index is 12.3. The molecule has 2 amide bonds. The normalized spacial score (nSPS) is 21.8. The van der Waals surface area contributed by atoms with E-state index >= 15 is 0 Å². The molecule has 1 fully saturated rings. The van der Waals surface area contributed by atoms with Gasteiger partial charge in [-0.25, -0.2) is 0 Å². The largest absolute Gasteiger partial charge is 0.485 e. The maximum atomic E-state index is 12.3. The molecule has 0 saturated carbocycles. The second-order valence-electron chi connectivity index (χ2n) is 5.13. The molecule has 1 aromatic rings. The number of thiocarbonyl (C=S) groups is 1. The zero-order chi connectivity index (χ0) is 16.6. The van der Waals surface area contributed by atoms with Gasteiger partial charge in [-0.15, -0.1) is 0 Å². The van der Waals surface area contributed by atoms with Crippen LogP contribution in [0, 0.1) is 0 Å². The number of nitrogens with one attached hydrogen (secondary N) is 1.